The third-order valence-corrected chi connectivity index (χ3v) is 6.47. The van der Waals surface area contributed by atoms with Crippen LogP contribution in [0.2, 0.25) is 0 Å². The fourth-order valence-corrected chi connectivity index (χ4v) is 4.09. The smallest absolute Gasteiger partial charge is 0.408 e. The zero-order chi connectivity index (χ0) is 31.1. The van der Waals surface area contributed by atoms with Crippen LogP contribution < -0.4 is 22.1 Å². The summed E-state index contributed by atoms with van der Waals surface area (Å²) in [7, 11) is 0. The standard InChI is InChI=1S/C31H42N4O7/c1-4-5-16-24(34-29(39)41-19-22-12-8-6-9-13-22)26(36)18-27(37)31(32,33)28(38)25(17-21(2)3)35-30(40)42-20-23-14-10-7-11-15-23/h6-15,21,24-25H,4-5,16-20,32-33H2,1-3H3,(H,34,39)(H,35,40)/t24-,25-/m0/s1. The molecule has 11 nitrogen and oxygen atoms in total. The molecule has 2 atom stereocenters. The van der Waals surface area contributed by atoms with Gasteiger partial charge in [0, 0.05) is 0 Å². The van der Waals surface area contributed by atoms with Gasteiger partial charge in [-0.3, -0.25) is 14.4 Å². The van der Waals surface area contributed by atoms with E-state index in [1.807, 2.05) is 32.9 Å². The maximum Gasteiger partial charge on any atom is 0.408 e. The number of hydrogen-bond acceptors (Lipinski definition) is 9. The van der Waals surface area contributed by atoms with E-state index in [0.717, 1.165) is 17.5 Å². The van der Waals surface area contributed by atoms with E-state index in [0.29, 0.717) is 6.42 Å². The van der Waals surface area contributed by atoms with Crippen molar-refractivity contribution in [2.45, 2.75) is 83.8 Å². The lowest BCUT2D eigenvalue weighted by molar-refractivity contribution is -0.138. The lowest BCUT2D eigenvalue weighted by atomic mass is 9.88. The van der Waals surface area contributed by atoms with Crippen molar-refractivity contribution < 1.29 is 33.4 Å². The van der Waals surface area contributed by atoms with Crippen LogP contribution in [0.4, 0.5) is 9.59 Å². The highest BCUT2D eigenvalue weighted by atomic mass is 16.6. The Hall–Kier alpha value is -4.09. The molecule has 0 saturated carbocycles. The van der Waals surface area contributed by atoms with Gasteiger partial charge in [0.05, 0.1) is 18.5 Å². The zero-order valence-corrected chi connectivity index (χ0v) is 24.5. The van der Waals surface area contributed by atoms with Gasteiger partial charge in [-0.2, -0.15) is 0 Å². The molecule has 0 saturated heterocycles. The number of carbonyl (C=O) groups excluding carboxylic acids is 5. The van der Waals surface area contributed by atoms with E-state index >= 15 is 0 Å². The molecule has 228 valence electrons. The number of amides is 2. The quantitative estimate of drug-likeness (QED) is 0.160. The number of nitrogens with two attached hydrogens (primary N) is 2. The second kappa shape index (κ2) is 17.0. The van der Waals surface area contributed by atoms with E-state index in [9.17, 15) is 24.0 Å². The van der Waals surface area contributed by atoms with Crippen LogP contribution in [-0.2, 0) is 37.1 Å². The summed E-state index contributed by atoms with van der Waals surface area (Å²) in [6, 6.07) is 15.7. The van der Waals surface area contributed by atoms with E-state index < -0.39 is 53.7 Å². The molecule has 42 heavy (non-hydrogen) atoms. The predicted molar refractivity (Wildman–Crippen MR) is 157 cm³/mol. The number of ether oxygens (including phenoxy) is 2. The Kier molecular flexibility index (Phi) is 13.8. The summed E-state index contributed by atoms with van der Waals surface area (Å²) in [5.41, 5.74) is 11.0. The number of carbonyl (C=O) groups is 5. The van der Waals surface area contributed by atoms with Crippen molar-refractivity contribution in [2.75, 3.05) is 0 Å². The van der Waals surface area contributed by atoms with Gasteiger partial charge in [-0.05, 0) is 29.9 Å². The van der Waals surface area contributed by atoms with Crippen LogP contribution in [0, 0.1) is 5.92 Å². The first-order valence-electron chi connectivity index (χ1n) is 14.1. The number of benzene rings is 2. The van der Waals surface area contributed by atoms with Crippen molar-refractivity contribution in [1.29, 1.82) is 0 Å². The Morgan fingerprint density at radius 2 is 1.26 bits per heavy atom. The SMILES string of the molecule is CCCC[C@H](NC(=O)OCc1ccccc1)C(=O)CC(=O)C(N)(N)C(=O)[C@H](CC(C)C)NC(=O)OCc1ccccc1. The van der Waals surface area contributed by atoms with Gasteiger partial charge < -0.3 is 31.6 Å². The molecule has 0 aliphatic heterocycles. The highest BCUT2D eigenvalue weighted by molar-refractivity contribution is 6.18. The summed E-state index contributed by atoms with van der Waals surface area (Å²) in [4.78, 5) is 64.4. The van der Waals surface area contributed by atoms with Crippen LogP contribution >= 0.6 is 0 Å². The summed E-state index contributed by atoms with van der Waals surface area (Å²) < 4.78 is 10.4. The molecule has 0 spiro atoms. The average molecular weight is 583 g/mol. The molecule has 0 bridgehead atoms. The monoisotopic (exact) mass is 582 g/mol. The van der Waals surface area contributed by atoms with Crippen LogP contribution in [0.1, 0.15) is 64.0 Å². The number of alkyl carbamates (subject to hydrolysis) is 2. The first kappa shape index (κ1) is 34.1. The number of ketones is 3. The van der Waals surface area contributed by atoms with Crippen molar-refractivity contribution in [3.05, 3.63) is 71.8 Å². The Morgan fingerprint density at radius 3 is 1.71 bits per heavy atom. The fourth-order valence-electron chi connectivity index (χ4n) is 4.09. The average Bonchev–Trinajstić information content (AvgIpc) is 2.97. The number of rotatable bonds is 17. The van der Waals surface area contributed by atoms with E-state index in [2.05, 4.69) is 10.6 Å². The van der Waals surface area contributed by atoms with Crippen LogP contribution in [0.15, 0.2) is 60.7 Å². The lowest BCUT2D eigenvalue weighted by Crippen LogP contribution is -2.68. The summed E-state index contributed by atoms with van der Waals surface area (Å²) in [6.45, 7) is 5.52. The molecule has 6 N–H and O–H groups in total. The number of unbranched alkanes of at least 4 members (excludes halogenated alkanes) is 1. The molecule has 2 aromatic rings. The van der Waals surface area contributed by atoms with Gasteiger partial charge in [-0.25, -0.2) is 9.59 Å². The molecule has 0 fully saturated rings. The molecule has 0 aliphatic rings. The molecule has 2 aromatic carbocycles. The Morgan fingerprint density at radius 1 is 0.786 bits per heavy atom. The molecular formula is C31H42N4O7. The normalized spacial score (nSPS) is 12.6. The molecule has 2 amide bonds. The van der Waals surface area contributed by atoms with Crippen LogP contribution in [-0.4, -0.2) is 47.3 Å². The third kappa shape index (κ3) is 11.4. The topological polar surface area (TPSA) is 180 Å². The van der Waals surface area contributed by atoms with Gasteiger partial charge in [0.15, 0.2) is 23.0 Å². The van der Waals surface area contributed by atoms with E-state index in [1.54, 1.807) is 48.5 Å². The number of hydrogen-bond donors (Lipinski definition) is 4. The van der Waals surface area contributed by atoms with Gasteiger partial charge in [0.1, 0.15) is 13.2 Å². The second-order valence-corrected chi connectivity index (χ2v) is 10.6. The predicted octanol–water partition coefficient (Wildman–Crippen LogP) is 3.52. The molecule has 0 aliphatic carbocycles. The van der Waals surface area contributed by atoms with E-state index in [-0.39, 0.29) is 32.0 Å². The summed E-state index contributed by atoms with van der Waals surface area (Å²) in [6.07, 6.45) is -0.788. The van der Waals surface area contributed by atoms with Crippen LogP contribution in [0.5, 0.6) is 0 Å². The van der Waals surface area contributed by atoms with Gasteiger partial charge in [0.25, 0.3) is 0 Å². The molecule has 0 unspecified atom stereocenters. The first-order chi connectivity index (χ1) is 19.9. The molecule has 0 radical (unpaired) electrons. The van der Waals surface area contributed by atoms with Crippen molar-refractivity contribution in [3.8, 4) is 0 Å². The van der Waals surface area contributed by atoms with Crippen molar-refractivity contribution >= 4 is 29.5 Å². The van der Waals surface area contributed by atoms with Crippen LogP contribution in [0.3, 0.4) is 0 Å². The number of Topliss-reactive ketones (excluding diaryl/α,β-unsaturated/α-hetero) is 3. The lowest BCUT2D eigenvalue weighted by Gasteiger charge is -2.28. The van der Waals surface area contributed by atoms with Crippen molar-refractivity contribution in [2.24, 2.45) is 17.4 Å². The minimum atomic E-state index is -2.56. The largest absolute Gasteiger partial charge is 0.445 e. The second-order valence-electron chi connectivity index (χ2n) is 10.6. The first-order valence-corrected chi connectivity index (χ1v) is 14.1. The summed E-state index contributed by atoms with van der Waals surface area (Å²) >= 11 is 0. The van der Waals surface area contributed by atoms with Gasteiger partial charge >= 0.3 is 12.2 Å². The van der Waals surface area contributed by atoms with Crippen molar-refractivity contribution in [3.63, 3.8) is 0 Å². The Balaban J connectivity index is 2.03. The molecule has 11 heteroatoms. The minimum Gasteiger partial charge on any atom is -0.445 e. The minimum absolute atomic E-state index is 0.00152. The molecule has 0 heterocycles. The summed E-state index contributed by atoms with van der Waals surface area (Å²) in [5.74, 6) is -2.73. The van der Waals surface area contributed by atoms with E-state index in [1.165, 1.54) is 0 Å². The highest BCUT2D eigenvalue weighted by Gasteiger charge is 2.43. The molecular weight excluding hydrogens is 540 g/mol. The van der Waals surface area contributed by atoms with Gasteiger partial charge in [0.2, 0.25) is 0 Å². The Bertz CT molecular complexity index is 1190. The summed E-state index contributed by atoms with van der Waals surface area (Å²) in [5, 5.41) is 4.96. The molecule has 2 rings (SSSR count). The molecule has 0 aromatic heterocycles. The Labute approximate surface area is 246 Å². The third-order valence-electron chi connectivity index (χ3n) is 6.47. The van der Waals surface area contributed by atoms with Crippen LogP contribution in [0.25, 0.3) is 0 Å². The van der Waals surface area contributed by atoms with Crippen molar-refractivity contribution in [1.82, 2.24) is 10.6 Å². The zero-order valence-electron chi connectivity index (χ0n) is 24.5. The maximum absolute atomic E-state index is 13.3. The fraction of sp³-hybridized carbons (Fsp3) is 0.452. The van der Waals surface area contributed by atoms with Gasteiger partial charge in [-0.15, -0.1) is 0 Å². The van der Waals surface area contributed by atoms with E-state index in [4.69, 9.17) is 20.9 Å². The van der Waals surface area contributed by atoms with Gasteiger partial charge in [-0.1, -0.05) is 94.3 Å². The highest BCUT2D eigenvalue weighted by Crippen LogP contribution is 2.14. The number of nitrogens with one attached hydrogen (secondary N) is 2. The maximum atomic E-state index is 13.3.